The fourth-order valence-corrected chi connectivity index (χ4v) is 15.1. The Balaban J connectivity index is 5.23. The second-order valence-electron chi connectivity index (χ2n) is 32.0. The molecular weight excluding hydrogens is 1380 g/mol. The van der Waals surface area contributed by atoms with Gasteiger partial charge in [-0.25, -0.2) is 9.13 Å². The first-order chi connectivity index (χ1) is 51.4. The summed E-state index contributed by atoms with van der Waals surface area (Å²) in [5.74, 6) is -0.421. The maximum Gasteiger partial charge on any atom is 0.472 e. The van der Waals surface area contributed by atoms with Crippen molar-refractivity contribution in [3.05, 3.63) is 0 Å². The number of aliphatic hydroxyl groups excluding tert-OH is 1. The fourth-order valence-electron chi connectivity index (χ4n) is 13.6. The molecule has 0 radical (unpaired) electrons. The van der Waals surface area contributed by atoms with Crippen LogP contribution in [0, 0.1) is 11.8 Å². The molecule has 0 aromatic heterocycles. The van der Waals surface area contributed by atoms with Gasteiger partial charge in [-0.15, -0.1) is 0 Å². The zero-order valence-electron chi connectivity index (χ0n) is 69.7. The van der Waals surface area contributed by atoms with Crippen molar-refractivity contribution in [2.24, 2.45) is 11.8 Å². The monoisotopic (exact) mass is 1550 g/mol. The van der Waals surface area contributed by atoms with Crippen molar-refractivity contribution in [3.63, 3.8) is 0 Å². The molecule has 0 aromatic rings. The van der Waals surface area contributed by atoms with E-state index in [1.54, 1.807) is 0 Å². The summed E-state index contributed by atoms with van der Waals surface area (Å²) >= 11 is 0. The molecule has 0 spiro atoms. The molecule has 630 valence electrons. The predicted octanol–water partition coefficient (Wildman–Crippen LogP) is 26.6. The SMILES string of the molecule is CCCCCCCCCCCCCCCCCC(=O)O[C@H](COC(=O)CCCCCCCCCCCCC)COP(=O)(O)OC[C@H](O)COP(=O)(O)OC[C@@H](COC(=O)CCCCCCCCCCCCCCCCCC(C)C)OC(=O)CCCCCCCCCCCCCCCCCCCCC(C)CC. The van der Waals surface area contributed by atoms with Crippen LogP contribution in [0.4, 0.5) is 0 Å². The minimum Gasteiger partial charge on any atom is -0.462 e. The van der Waals surface area contributed by atoms with Crippen LogP contribution in [-0.2, 0) is 65.4 Å². The topological polar surface area (TPSA) is 237 Å². The lowest BCUT2D eigenvalue weighted by Gasteiger charge is -2.21. The Hall–Kier alpha value is -1.94. The number of rotatable bonds is 86. The Bertz CT molecular complexity index is 2030. The second kappa shape index (κ2) is 78.3. The van der Waals surface area contributed by atoms with E-state index in [2.05, 4.69) is 41.5 Å². The molecule has 6 atom stereocenters. The second-order valence-corrected chi connectivity index (χ2v) is 34.9. The summed E-state index contributed by atoms with van der Waals surface area (Å²) in [5.41, 5.74) is 0. The van der Waals surface area contributed by atoms with Gasteiger partial charge in [0, 0.05) is 25.7 Å². The number of ether oxygens (including phenoxy) is 4. The van der Waals surface area contributed by atoms with Crippen molar-refractivity contribution in [1.29, 1.82) is 0 Å². The van der Waals surface area contributed by atoms with Crippen LogP contribution < -0.4 is 0 Å². The van der Waals surface area contributed by atoms with Crippen LogP contribution in [0.2, 0.25) is 0 Å². The van der Waals surface area contributed by atoms with Crippen LogP contribution in [0.5, 0.6) is 0 Å². The first-order valence-electron chi connectivity index (χ1n) is 45.0. The van der Waals surface area contributed by atoms with E-state index in [0.29, 0.717) is 25.7 Å². The lowest BCUT2D eigenvalue weighted by Crippen LogP contribution is -2.30. The largest absolute Gasteiger partial charge is 0.472 e. The smallest absolute Gasteiger partial charge is 0.462 e. The number of phosphoric acid groups is 2. The van der Waals surface area contributed by atoms with Crippen molar-refractivity contribution in [2.75, 3.05) is 39.6 Å². The molecule has 0 heterocycles. The van der Waals surface area contributed by atoms with Gasteiger partial charge in [-0.05, 0) is 37.5 Å². The molecule has 0 amide bonds. The number of hydrogen-bond acceptors (Lipinski definition) is 15. The van der Waals surface area contributed by atoms with Crippen molar-refractivity contribution >= 4 is 39.5 Å². The molecule has 3 unspecified atom stereocenters. The number of unbranched alkanes of at least 4 members (excludes halogenated alkanes) is 55. The number of carbonyl (C=O) groups excluding carboxylic acids is 4. The molecule has 0 aliphatic heterocycles. The molecule has 0 rings (SSSR count). The highest BCUT2D eigenvalue weighted by molar-refractivity contribution is 7.47. The average Bonchev–Trinajstić information content (AvgIpc) is 0.906. The van der Waals surface area contributed by atoms with Crippen LogP contribution >= 0.6 is 15.6 Å². The lowest BCUT2D eigenvalue weighted by atomic mass is 9.99. The maximum absolute atomic E-state index is 13.2. The number of hydrogen-bond donors (Lipinski definition) is 3. The van der Waals surface area contributed by atoms with Crippen molar-refractivity contribution in [2.45, 2.75) is 484 Å². The number of carbonyl (C=O) groups is 4. The summed E-state index contributed by atoms with van der Waals surface area (Å²) in [4.78, 5) is 73.2. The molecule has 3 N–H and O–H groups in total. The highest BCUT2D eigenvalue weighted by atomic mass is 31.2. The van der Waals surface area contributed by atoms with E-state index in [4.69, 9.17) is 37.0 Å². The van der Waals surface area contributed by atoms with E-state index < -0.39 is 97.5 Å². The van der Waals surface area contributed by atoms with Crippen LogP contribution in [0.25, 0.3) is 0 Å². The Labute approximate surface area is 651 Å². The molecular formula is C87H170O17P2. The van der Waals surface area contributed by atoms with Crippen LogP contribution in [-0.4, -0.2) is 96.7 Å². The van der Waals surface area contributed by atoms with Crippen LogP contribution in [0.1, 0.15) is 465 Å². The van der Waals surface area contributed by atoms with Gasteiger partial charge in [0.1, 0.15) is 19.3 Å². The molecule has 0 aromatic carbocycles. The normalized spacial score (nSPS) is 14.1. The molecule has 106 heavy (non-hydrogen) atoms. The predicted molar refractivity (Wildman–Crippen MR) is 437 cm³/mol. The first kappa shape index (κ1) is 104. The summed E-state index contributed by atoms with van der Waals surface area (Å²) < 4.78 is 68.9. The fraction of sp³-hybridized carbons (Fsp3) is 0.954. The minimum absolute atomic E-state index is 0.109. The summed E-state index contributed by atoms with van der Waals surface area (Å²) in [7, 11) is -9.93. The molecule has 17 nitrogen and oxygen atoms in total. The van der Waals surface area contributed by atoms with Gasteiger partial charge in [0.05, 0.1) is 26.4 Å². The van der Waals surface area contributed by atoms with Crippen molar-refractivity contribution in [3.8, 4) is 0 Å². The van der Waals surface area contributed by atoms with Gasteiger partial charge in [0.15, 0.2) is 12.2 Å². The van der Waals surface area contributed by atoms with E-state index in [-0.39, 0.29) is 25.7 Å². The molecule has 0 saturated heterocycles. The van der Waals surface area contributed by atoms with E-state index >= 15 is 0 Å². The third-order valence-corrected chi connectivity index (χ3v) is 22.7. The van der Waals surface area contributed by atoms with E-state index in [0.717, 1.165) is 102 Å². The van der Waals surface area contributed by atoms with Gasteiger partial charge >= 0.3 is 39.5 Å². The van der Waals surface area contributed by atoms with Gasteiger partial charge in [0.25, 0.3) is 0 Å². The third-order valence-electron chi connectivity index (χ3n) is 20.8. The van der Waals surface area contributed by atoms with Gasteiger partial charge in [-0.2, -0.15) is 0 Å². The Kier molecular flexibility index (Phi) is 76.9. The van der Waals surface area contributed by atoms with E-state index in [1.165, 1.54) is 283 Å². The maximum atomic E-state index is 13.2. The van der Waals surface area contributed by atoms with Crippen molar-refractivity contribution in [1.82, 2.24) is 0 Å². The highest BCUT2D eigenvalue weighted by Crippen LogP contribution is 2.45. The van der Waals surface area contributed by atoms with E-state index in [9.17, 15) is 43.2 Å². The third kappa shape index (κ3) is 78.7. The van der Waals surface area contributed by atoms with Gasteiger partial charge in [0.2, 0.25) is 0 Å². The van der Waals surface area contributed by atoms with Crippen molar-refractivity contribution < 1.29 is 80.2 Å². The molecule has 0 aliphatic rings. The summed E-state index contributed by atoms with van der Waals surface area (Å²) in [5, 5.41) is 10.7. The molecule has 0 saturated carbocycles. The van der Waals surface area contributed by atoms with Crippen LogP contribution in [0.3, 0.4) is 0 Å². The van der Waals surface area contributed by atoms with Gasteiger partial charge < -0.3 is 33.8 Å². The summed E-state index contributed by atoms with van der Waals surface area (Å²) in [6.07, 6.45) is 70.7. The lowest BCUT2D eigenvalue weighted by molar-refractivity contribution is -0.161. The first-order valence-corrected chi connectivity index (χ1v) is 48.0. The molecule has 19 heteroatoms. The molecule has 0 fully saturated rings. The Morgan fingerprint density at radius 1 is 0.274 bits per heavy atom. The van der Waals surface area contributed by atoms with Gasteiger partial charge in [-0.1, -0.05) is 414 Å². The number of aliphatic hydroxyl groups is 1. The van der Waals surface area contributed by atoms with Gasteiger partial charge in [-0.3, -0.25) is 37.3 Å². The standard InChI is InChI=1S/C87H170O17P2/c1-7-10-12-14-16-18-20-21-27-35-41-47-53-59-65-71-86(91)103-82(75-97-84(89)69-63-57-51-45-37-19-17-15-13-11-8-2)77-101-105(93,94)99-73-81(88)74-100-106(95,96)102-78-83(76-98-85(90)70-64-58-52-46-40-34-31-26-28-32-38-43-49-55-61-67-79(4)5)104-87(92)72-66-60-54-48-42-36-30-25-23-22-24-29-33-39-44-50-56-62-68-80(6)9-3/h79-83,88H,7-78H2,1-6H3,(H,93,94)(H,95,96)/t80?,81-,82+,83+/m0/s1. The van der Waals surface area contributed by atoms with E-state index in [1.807, 2.05) is 0 Å². The highest BCUT2D eigenvalue weighted by Gasteiger charge is 2.30. The minimum atomic E-state index is -4.97. The quantitative estimate of drug-likeness (QED) is 0.0222. The van der Waals surface area contributed by atoms with Crippen LogP contribution in [0.15, 0.2) is 0 Å². The molecule has 0 aliphatic carbocycles. The Morgan fingerprint density at radius 3 is 0.717 bits per heavy atom. The summed E-state index contributed by atoms with van der Waals surface area (Å²) in [6.45, 7) is 9.77. The Morgan fingerprint density at radius 2 is 0.481 bits per heavy atom. The average molecular weight is 1550 g/mol. The zero-order chi connectivity index (χ0) is 77.8. The molecule has 0 bridgehead atoms. The number of phosphoric ester groups is 2. The summed E-state index contributed by atoms with van der Waals surface area (Å²) in [6, 6.07) is 0. The zero-order valence-corrected chi connectivity index (χ0v) is 71.5. The number of esters is 4.